The van der Waals surface area contributed by atoms with Crippen LogP contribution in [0.3, 0.4) is 0 Å². The quantitative estimate of drug-likeness (QED) is 0.803. The smallest absolute Gasteiger partial charge is 0.0745 e. The van der Waals surface area contributed by atoms with E-state index in [-0.39, 0.29) is 6.10 Å². The van der Waals surface area contributed by atoms with Crippen LogP contribution in [-0.4, -0.2) is 23.9 Å². The average molecular weight is 198 g/mol. The molecule has 1 N–H and O–H groups in total. The zero-order valence-electron chi connectivity index (χ0n) is 7.69. The first-order valence-electron chi connectivity index (χ1n) is 4.49. The lowest BCUT2D eigenvalue weighted by molar-refractivity contribution is -0.126. The maximum Gasteiger partial charge on any atom is 0.0745 e. The zero-order chi connectivity index (χ0) is 9.31. The minimum absolute atomic E-state index is 0.268. The lowest BCUT2D eigenvalue weighted by atomic mass is 9.75. The zero-order valence-corrected chi connectivity index (χ0v) is 8.51. The van der Waals surface area contributed by atoms with Crippen LogP contribution >= 0.6 is 11.3 Å². The van der Waals surface area contributed by atoms with E-state index in [1.165, 1.54) is 4.88 Å². The van der Waals surface area contributed by atoms with Crippen molar-refractivity contribution in [2.75, 3.05) is 7.11 Å². The van der Waals surface area contributed by atoms with Gasteiger partial charge in [0.1, 0.15) is 0 Å². The van der Waals surface area contributed by atoms with E-state index in [0.29, 0.717) is 0 Å². The summed E-state index contributed by atoms with van der Waals surface area (Å²) in [7, 11) is 1.70. The highest BCUT2D eigenvalue weighted by Crippen LogP contribution is 2.37. The van der Waals surface area contributed by atoms with E-state index >= 15 is 0 Å². The molecule has 0 unspecified atom stereocenters. The summed E-state index contributed by atoms with van der Waals surface area (Å²) in [6.07, 6.45) is 2.61. The molecular formula is C10H14O2S. The summed E-state index contributed by atoms with van der Waals surface area (Å²) >= 11 is 1.71. The summed E-state index contributed by atoms with van der Waals surface area (Å²) < 4.78 is 5.14. The summed E-state index contributed by atoms with van der Waals surface area (Å²) in [5, 5.41) is 12.1. The molecule has 1 aliphatic rings. The van der Waals surface area contributed by atoms with Crippen molar-refractivity contribution in [3.63, 3.8) is 0 Å². The van der Waals surface area contributed by atoms with Gasteiger partial charge in [-0.15, -0.1) is 11.3 Å². The highest BCUT2D eigenvalue weighted by molar-refractivity contribution is 7.09. The molecular weight excluding hydrogens is 184 g/mol. The highest BCUT2D eigenvalue weighted by Gasteiger charge is 2.42. The normalized spacial score (nSPS) is 32.9. The predicted octanol–water partition coefficient (Wildman–Crippen LogP) is 1.83. The van der Waals surface area contributed by atoms with Crippen LogP contribution in [0.5, 0.6) is 0 Å². The Labute approximate surface area is 82.2 Å². The first-order valence-corrected chi connectivity index (χ1v) is 5.37. The topological polar surface area (TPSA) is 29.5 Å². The number of ether oxygens (including phenoxy) is 1. The lowest BCUT2D eigenvalue weighted by Gasteiger charge is -2.42. The molecule has 0 spiro atoms. The molecule has 1 fully saturated rings. The van der Waals surface area contributed by atoms with Gasteiger partial charge in [0.05, 0.1) is 11.7 Å². The molecule has 1 saturated carbocycles. The van der Waals surface area contributed by atoms with Gasteiger partial charge in [0.15, 0.2) is 0 Å². The number of thiophene rings is 1. The average Bonchev–Trinajstić information content (AvgIpc) is 2.52. The fourth-order valence-electron chi connectivity index (χ4n) is 1.84. The number of rotatable bonds is 3. The maximum atomic E-state index is 10.0. The van der Waals surface area contributed by atoms with E-state index in [9.17, 15) is 5.11 Å². The molecule has 0 atom stereocenters. The van der Waals surface area contributed by atoms with Gasteiger partial charge in [0, 0.05) is 31.2 Å². The highest BCUT2D eigenvalue weighted by atomic mass is 32.1. The molecule has 1 aliphatic carbocycles. The van der Waals surface area contributed by atoms with Crippen molar-refractivity contribution in [3.05, 3.63) is 22.4 Å². The molecule has 2 rings (SSSR count). The Morgan fingerprint density at radius 1 is 1.69 bits per heavy atom. The number of hydrogen-bond donors (Lipinski definition) is 1. The molecule has 3 heteroatoms. The summed E-state index contributed by atoms with van der Waals surface area (Å²) in [5.74, 6) is 0. The molecule has 1 aromatic heterocycles. The Morgan fingerprint density at radius 3 is 3.00 bits per heavy atom. The minimum Gasteiger partial charge on any atom is -0.389 e. The number of methoxy groups -OCH3 is 1. The van der Waals surface area contributed by atoms with E-state index in [4.69, 9.17) is 4.74 Å². The molecule has 0 bridgehead atoms. The monoisotopic (exact) mass is 198 g/mol. The van der Waals surface area contributed by atoms with E-state index in [1.807, 2.05) is 11.4 Å². The van der Waals surface area contributed by atoms with E-state index in [0.717, 1.165) is 19.3 Å². The van der Waals surface area contributed by atoms with Crippen LogP contribution in [0.4, 0.5) is 0 Å². The fourth-order valence-corrected chi connectivity index (χ4v) is 2.68. The molecule has 72 valence electrons. The van der Waals surface area contributed by atoms with Gasteiger partial charge in [-0.25, -0.2) is 0 Å². The van der Waals surface area contributed by atoms with Crippen LogP contribution in [0.25, 0.3) is 0 Å². The molecule has 0 aromatic carbocycles. The third kappa shape index (κ3) is 1.93. The summed E-state index contributed by atoms with van der Waals surface area (Å²) in [5.41, 5.74) is -0.495. The fraction of sp³-hybridized carbons (Fsp3) is 0.600. The Morgan fingerprint density at radius 2 is 2.46 bits per heavy atom. The summed E-state index contributed by atoms with van der Waals surface area (Å²) in [6.45, 7) is 0. The third-order valence-corrected chi connectivity index (χ3v) is 3.51. The van der Waals surface area contributed by atoms with Crippen molar-refractivity contribution >= 4 is 11.3 Å². The molecule has 0 aliphatic heterocycles. The van der Waals surface area contributed by atoms with Gasteiger partial charge in [-0.2, -0.15) is 0 Å². The number of aliphatic hydroxyl groups is 1. The Hall–Kier alpha value is -0.380. The van der Waals surface area contributed by atoms with Crippen LogP contribution in [0.1, 0.15) is 17.7 Å². The molecule has 2 nitrogen and oxygen atoms in total. The largest absolute Gasteiger partial charge is 0.389 e. The van der Waals surface area contributed by atoms with Crippen molar-refractivity contribution in [2.45, 2.75) is 31.0 Å². The van der Waals surface area contributed by atoms with Crippen LogP contribution < -0.4 is 0 Å². The lowest BCUT2D eigenvalue weighted by Crippen LogP contribution is -2.49. The predicted molar refractivity (Wildman–Crippen MR) is 53.0 cm³/mol. The molecule has 1 aromatic rings. The van der Waals surface area contributed by atoms with Crippen LogP contribution in [-0.2, 0) is 11.2 Å². The molecule has 1 heterocycles. The van der Waals surface area contributed by atoms with Gasteiger partial charge in [0.25, 0.3) is 0 Å². The number of hydrogen-bond acceptors (Lipinski definition) is 3. The Balaban J connectivity index is 1.90. The second-order valence-corrected chi connectivity index (χ2v) is 4.78. The maximum absolute atomic E-state index is 10.0. The van der Waals surface area contributed by atoms with Crippen LogP contribution in [0.2, 0.25) is 0 Å². The van der Waals surface area contributed by atoms with E-state index < -0.39 is 5.60 Å². The van der Waals surface area contributed by atoms with Crippen LogP contribution in [0.15, 0.2) is 17.5 Å². The standard InChI is InChI=1S/C10H14O2S/c1-12-8-5-10(11,6-8)7-9-3-2-4-13-9/h2-4,8,11H,5-7H2,1H3. The minimum atomic E-state index is -0.495. The van der Waals surface area contributed by atoms with E-state index in [1.54, 1.807) is 18.4 Å². The molecule has 0 radical (unpaired) electrons. The second-order valence-electron chi connectivity index (χ2n) is 3.75. The third-order valence-electron chi connectivity index (χ3n) is 2.63. The molecule has 0 amide bonds. The molecule has 0 saturated heterocycles. The SMILES string of the molecule is COC1CC(O)(Cc2cccs2)C1. The van der Waals surface area contributed by atoms with Gasteiger partial charge >= 0.3 is 0 Å². The van der Waals surface area contributed by atoms with Crippen molar-refractivity contribution in [1.82, 2.24) is 0 Å². The Kier molecular flexibility index (Phi) is 2.41. The van der Waals surface area contributed by atoms with Gasteiger partial charge in [-0.05, 0) is 11.4 Å². The van der Waals surface area contributed by atoms with E-state index in [2.05, 4.69) is 6.07 Å². The Bertz CT molecular complexity index is 262. The second kappa shape index (κ2) is 3.40. The first kappa shape index (κ1) is 9.19. The van der Waals surface area contributed by atoms with Crippen molar-refractivity contribution in [2.24, 2.45) is 0 Å². The van der Waals surface area contributed by atoms with Gasteiger partial charge in [-0.1, -0.05) is 6.07 Å². The van der Waals surface area contributed by atoms with Crippen molar-refractivity contribution in [3.8, 4) is 0 Å². The summed E-state index contributed by atoms with van der Waals surface area (Å²) in [6, 6.07) is 4.10. The first-order chi connectivity index (χ1) is 6.22. The molecule has 13 heavy (non-hydrogen) atoms. The summed E-state index contributed by atoms with van der Waals surface area (Å²) in [4.78, 5) is 1.26. The van der Waals surface area contributed by atoms with Crippen molar-refractivity contribution < 1.29 is 9.84 Å². The van der Waals surface area contributed by atoms with Gasteiger partial charge < -0.3 is 9.84 Å². The van der Waals surface area contributed by atoms with Gasteiger partial charge in [0.2, 0.25) is 0 Å². The van der Waals surface area contributed by atoms with Crippen LogP contribution in [0, 0.1) is 0 Å². The van der Waals surface area contributed by atoms with Gasteiger partial charge in [-0.3, -0.25) is 0 Å². The van der Waals surface area contributed by atoms with Crippen molar-refractivity contribution in [1.29, 1.82) is 0 Å².